The summed E-state index contributed by atoms with van der Waals surface area (Å²) in [6.45, 7) is 0.0670. The van der Waals surface area contributed by atoms with E-state index in [0.29, 0.717) is 5.56 Å². The van der Waals surface area contributed by atoms with Crippen molar-refractivity contribution >= 4 is 5.69 Å². The fourth-order valence-corrected chi connectivity index (χ4v) is 1.48. The van der Waals surface area contributed by atoms with E-state index in [2.05, 4.69) is 5.32 Å². The van der Waals surface area contributed by atoms with E-state index in [1.807, 2.05) is 0 Å². The third kappa shape index (κ3) is 2.80. The molecule has 1 nitrogen and oxygen atoms in total. The van der Waals surface area contributed by atoms with E-state index >= 15 is 0 Å². The lowest BCUT2D eigenvalue weighted by atomic mass is 10.2. The van der Waals surface area contributed by atoms with Crippen LogP contribution in [0.1, 0.15) is 5.56 Å². The number of benzene rings is 2. The van der Waals surface area contributed by atoms with Crippen LogP contribution < -0.4 is 5.32 Å². The number of halogens is 4. The molecular formula is C13H9F4N. The lowest BCUT2D eigenvalue weighted by Gasteiger charge is -2.08. The molecule has 0 aliphatic rings. The second kappa shape index (κ2) is 5.08. The van der Waals surface area contributed by atoms with Crippen LogP contribution in [-0.4, -0.2) is 0 Å². The van der Waals surface area contributed by atoms with Crippen molar-refractivity contribution in [1.29, 1.82) is 0 Å². The normalized spacial score (nSPS) is 10.4. The zero-order valence-corrected chi connectivity index (χ0v) is 9.18. The molecule has 1 N–H and O–H groups in total. The number of rotatable bonds is 3. The summed E-state index contributed by atoms with van der Waals surface area (Å²) in [7, 11) is 0. The summed E-state index contributed by atoms with van der Waals surface area (Å²) < 4.78 is 51.7. The van der Waals surface area contributed by atoms with Gasteiger partial charge in [0.25, 0.3) is 0 Å². The van der Waals surface area contributed by atoms with Crippen molar-refractivity contribution in [2.24, 2.45) is 0 Å². The third-order valence-electron chi connectivity index (χ3n) is 2.40. The molecule has 0 saturated heterocycles. The van der Waals surface area contributed by atoms with Gasteiger partial charge in [0.1, 0.15) is 11.6 Å². The largest absolute Gasteiger partial charge is 0.379 e. The molecule has 2 rings (SSSR count). The molecule has 18 heavy (non-hydrogen) atoms. The minimum Gasteiger partial charge on any atom is -0.379 e. The molecule has 94 valence electrons. The van der Waals surface area contributed by atoms with Gasteiger partial charge in [-0.2, -0.15) is 0 Å². The summed E-state index contributed by atoms with van der Waals surface area (Å²) >= 11 is 0. The number of hydrogen-bond acceptors (Lipinski definition) is 1. The van der Waals surface area contributed by atoms with Crippen LogP contribution in [0, 0.1) is 23.3 Å². The number of anilines is 1. The molecular weight excluding hydrogens is 246 g/mol. The Balaban J connectivity index is 2.11. The lowest BCUT2D eigenvalue weighted by Crippen LogP contribution is -2.02. The van der Waals surface area contributed by atoms with Gasteiger partial charge in [-0.15, -0.1) is 0 Å². The summed E-state index contributed by atoms with van der Waals surface area (Å²) in [5.41, 5.74) is 0.400. The third-order valence-corrected chi connectivity index (χ3v) is 2.40. The standard InChI is InChI=1S/C13H9F4N/c14-9-2-4-11(16)13(6-9)18-7-8-1-3-10(15)12(17)5-8/h1-6,18H,7H2. The Hall–Kier alpha value is -2.04. The lowest BCUT2D eigenvalue weighted by molar-refractivity contribution is 0.507. The summed E-state index contributed by atoms with van der Waals surface area (Å²) in [6.07, 6.45) is 0. The number of hydrogen-bond donors (Lipinski definition) is 1. The van der Waals surface area contributed by atoms with Crippen molar-refractivity contribution in [2.45, 2.75) is 6.54 Å². The maximum atomic E-state index is 13.3. The topological polar surface area (TPSA) is 12.0 Å². The first-order valence-electron chi connectivity index (χ1n) is 5.19. The first kappa shape index (κ1) is 12.4. The van der Waals surface area contributed by atoms with Crippen LogP contribution in [0.4, 0.5) is 23.2 Å². The molecule has 5 heteroatoms. The fraction of sp³-hybridized carbons (Fsp3) is 0.0769. The SMILES string of the molecule is Fc1ccc(F)c(NCc2ccc(F)c(F)c2)c1. The van der Waals surface area contributed by atoms with Crippen molar-refractivity contribution in [3.8, 4) is 0 Å². The molecule has 0 fully saturated rings. The van der Waals surface area contributed by atoms with Crippen LogP contribution in [-0.2, 0) is 6.54 Å². The first-order valence-corrected chi connectivity index (χ1v) is 5.19. The van der Waals surface area contributed by atoms with Crippen molar-refractivity contribution in [3.05, 3.63) is 65.2 Å². The molecule has 0 amide bonds. The van der Waals surface area contributed by atoms with Crippen LogP contribution in [0.15, 0.2) is 36.4 Å². The van der Waals surface area contributed by atoms with E-state index in [9.17, 15) is 17.6 Å². The van der Waals surface area contributed by atoms with E-state index in [1.165, 1.54) is 6.07 Å². The Kier molecular flexibility index (Phi) is 3.50. The molecule has 0 saturated carbocycles. The highest BCUT2D eigenvalue weighted by atomic mass is 19.2. The Labute approximate surface area is 101 Å². The van der Waals surface area contributed by atoms with Gasteiger partial charge in [-0.3, -0.25) is 0 Å². The van der Waals surface area contributed by atoms with E-state index in [0.717, 1.165) is 30.3 Å². The van der Waals surface area contributed by atoms with Gasteiger partial charge in [0, 0.05) is 6.54 Å². The van der Waals surface area contributed by atoms with Crippen molar-refractivity contribution in [1.82, 2.24) is 0 Å². The van der Waals surface area contributed by atoms with Gasteiger partial charge in [-0.1, -0.05) is 6.07 Å². The second-order valence-electron chi connectivity index (χ2n) is 3.73. The summed E-state index contributed by atoms with van der Waals surface area (Å²) in [6, 6.07) is 6.33. The molecule has 0 atom stereocenters. The van der Waals surface area contributed by atoms with Crippen molar-refractivity contribution in [3.63, 3.8) is 0 Å². The highest BCUT2D eigenvalue weighted by Gasteiger charge is 2.05. The summed E-state index contributed by atoms with van der Waals surface area (Å²) in [5.74, 6) is -3.12. The Bertz CT molecular complexity index is 569. The molecule has 0 bridgehead atoms. The maximum Gasteiger partial charge on any atom is 0.159 e. The predicted molar refractivity (Wildman–Crippen MR) is 60.0 cm³/mol. The van der Waals surface area contributed by atoms with Gasteiger partial charge in [0.05, 0.1) is 5.69 Å². The van der Waals surface area contributed by atoms with Crippen LogP contribution in [0.2, 0.25) is 0 Å². The summed E-state index contributed by atoms with van der Waals surface area (Å²) in [5, 5.41) is 2.61. The van der Waals surface area contributed by atoms with Gasteiger partial charge in [-0.25, -0.2) is 17.6 Å². The second-order valence-corrected chi connectivity index (χ2v) is 3.73. The predicted octanol–water partition coefficient (Wildman–Crippen LogP) is 3.86. The van der Waals surface area contributed by atoms with Gasteiger partial charge in [-0.05, 0) is 35.9 Å². The maximum absolute atomic E-state index is 13.3. The van der Waals surface area contributed by atoms with Crippen molar-refractivity contribution < 1.29 is 17.6 Å². The quantitative estimate of drug-likeness (QED) is 0.821. The minimum absolute atomic E-state index is 0.0280. The van der Waals surface area contributed by atoms with Gasteiger partial charge < -0.3 is 5.32 Å². The van der Waals surface area contributed by atoms with Crippen LogP contribution in [0.3, 0.4) is 0 Å². The zero-order valence-electron chi connectivity index (χ0n) is 9.18. The molecule has 0 radical (unpaired) electrons. The molecule has 0 aromatic heterocycles. The Morgan fingerprint density at radius 2 is 1.50 bits per heavy atom. The van der Waals surface area contributed by atoms with Gasteiger partial charge in [0.15, 0.2) is 11.6 Å². The average Bonchev–Trinajstić information content (AvgIpc) is 2.34. The molecule has 0 heterocycles. The Morgan fingerprint density at radius 1 is 0.778 bits per heavy atom. The highest BCUT2D eigenvalue weighted by Crippen LogP contribution is 2.17. The molecule has 2 aromatic rings. The van der Waals surface area contributed by atoms with Crippen LogP contribution >= 0.6 is 0 Å². The first-order chi connectivity index (χ1) is 8.56. The smallest absolute Gasteiger partial charge is 0.159 e. The van der Waals surface area contributed by atoms with E-state index in [-0.39, 0.29) is 12.2 Å². The van der Waals surface area contributed by atoms with Crippen molar-refractivity contribution in [2.75, 3.05) is 5.32 Å². The monoisotopic (exact) mass is 255 g/mol. The molecule has 0 aliphatic heterocycles. The summed E-state index contributed by atoms with van der Waals surface area (Å²) in [4.78, 5) is 0. The molecule has 2 aromatic carbocycles. The van der Waals surface area contributed by atoms with E-state index < -0.39 is 23.3 Å². The van der Waals surface area contributed by atoms with Gasteiger partial charge >= 0.3 is 0 Å². The molecule has 0 spiro atoms. The van der Waals surface area contributed by atoms with E-state index in [4.69, 9.17) is 0 Å². The highest BCUT2D eigenvalue weighted by molar-refractivity contribution is 5.45. The number of nitrogens with one attached hydrogen (secondary N) is 1. The van der Waals surface area contributed by atoms with Crippen LogP contribution in [0.5, 0.6) is 0 Å². The van der Waals surface area contributed by atoms with Crippen LogP contribution in [0.25, 0.3) is 0 Å². The molecule has 0 unspecified atom stereocenters. The van der Waals surface area contributed by atoms with Gasteiger partial charge in [0.2, 0.25) is 0 Å². The Morgan fingerprint density at radius 3 is 2.22 bits per heavy atom. The fourth-order valence-electron chi connectivity index (χ4n) is 1.48. The zero-order chi connectivity index (χ0) is 13.1. The van der Waals surface area contributed by atoms with E-state index in [1.54, 1.807) is 0 Å². The molecule has 0 aliphatic carbocycles. The minimum atomic E-state index is -0.978. The average molecular weight is 255 g/mol.